The highest BCUT2D eigenvalue weighted by Gasteiger charge is 2.53. The molecule has 1 aromatic heterocycles. The van der Waals surface area contributed by atoms with E-state index in [1.807, 2.05) is 45.6 Å². The Kier molecular flexibility index (Phi) is 20.6. The second kappa shape index (κ2) is 25.5. The number of nitro benzene ring substituents is 1. The summed E-state index contributed by atoms with van der Waals surface area (Å²) in [5, 5.41) is 67.0. The normalized spacial score (nSPS) is 40.0. The van der Waals surface area contributed by atoms with Crippen LogP contribution in [0.1, 0.15) is 125 Å². The number of carbonyl (C=O) groups excluding carboxylic acids is 2. The van der Waals surface area contributed by atoms with Crippen molar-refractivity contribution in [3.63, 3.8) is 0 Å². The number of esters is 1. The Labute approximate surface area is 443 Å². The summed E-state index contributed by atoms with van der Waals surface area (Å²) in [5.74, 6) is -4.60. The molecule has 4 saturated heterocycles. The lowest BCUT2D eigenvalue weighted by Crippen LogP contribution is -2.61. The third-order valence-corrected chi connectivity index (χ3v) is 17.1. The van der Waals surface area contributed by atoms with E-state index >= 15 is 0 Å². The molecule has 4 N–H and O–H groups in total. The molecule has 21 nitrogen and oxygen atoms in total. The van der Waals surface area contributed by atoms with Crippen LogP contribution < -0.4 is 0 Å². The molecule has 0 radical (unpaired) electrons. The van der Waals surface area contributed by atoms with Crippen molar-refractivity contribution in [2.45, 2.75) is 211 Å². The zero-order chi connectivity index (χ0) is 55.3. The summed E-state index contributed by atoms with van der Waals surface area (Å²) in [4.78, 5) is 43.9. The van der Waals surface area contributed by atoms with Crippen molar-refractivity contribution < 1.29 is 68.1 Å². The lowest BCUT2D eigenvalue weighted by atomic mass is 9.74. The quantitative estimate of drug-likeness (QED) is 0.103. The standard InChI is InChI=1S/C54H88N6O15/c1-14-43-54(10,66)47(63)33(4)44(61)31(2)25-53(9,70-13)49(34(5)46(35(6)50(65)74-43)71-30-41-26-52(8,69-12)48(64)36(7)73-41)75-51-45(62)42(24-32(3)72-51)57(11)23-21-38-28-59(56-55-38)40-16-15-22-58(29-40)27-37-17-19-39(20-18-37)60(67)68/h17-20,28,31-36,40-43,45-49,51,62-64,66H,14-16,21-27,29-30H2,1-13H3/t31-,32-,33+,34+,35-,36+,40-,41-,42+,43-,45-,46+,47-,48+,49-,51+,52-,53-,54-/m1/s1. The van der Waals surface area contributed by atoms with Crippen molar-refractivity contribution >= 4 is 17.4 Å². The Balaban J connectivity index is 1.23. The average Bonchev–Trinajstić information content (AvgIpc) is 3.87. The van der Waals surface area contributed by atoms with Crippen molar-refractivity contribution in [2.75, 3.05) is 47.5 Å². The second-order valence-electron chi connectivity index (χ2n) is 22.9. The van der Waals surface area contributed by atoms with Gasteiger partial charge in [0.15, 0.2) is 6.29 Å². The van der Waals surface area contributed by atoms with Crippen LogP contribution in [0.25, 0.3) is 0 Å². The van der Waals surface area contributed by atoms with E-state index in [-0.39, 0.29) is 49.5 Å². The van der Waals surface area contributed by atoms with E-state index in [2.05, 4.69) is 20.1 Å². The molecule has 4 aliphatic rings. The van der Waals surface area contributed by atoms with E-state index in [9.17, 15) is 40.1 Å². The number of non-ortho nitro benzene ring substituents is 1. The smallest absolute Gasteiger partial charge is 0.311 e. The number of ether oxygens (including phenoxy) is 7. The molecule has 0 spiro atoms. The molecule has 5 heterocycles. The van der Waals surface area contributed by atoms with Crippen LogP contribution in [0.4, 0.5) is 5.69 Å². The van der Waals surface area contributed by atoms with Crippen LogP contribution in [0.15, 0.2) is 30.5 Å². The number of likely N-dealkylation sites (tertiary alicyclic amines) is 1. The summed E-state index contributed by atoms with van der Waals surface area (Å²) in [6.45, 7) is 20.1. The number of likely N-dealkylation sites (N-methyl/N-ethyl adjacent to an activating group) is 1. The zero-order valence-corrected chi connectivity index (χ0v) is 46.6. The van der Waals surface area contributed by atoms with E-state index in [1.54, 1.807) is 46.8 Å². The summed E-state index contributed by atoms with van der Waals surface area (Å²) in [6, 6.07) is 6.36. The van der Waals surface area contributed by atoms with Gasteiger partial charge in [0.1, 0.15) is 29.7 Å². The molecule has 4 fully saturated rings. The molecule has 75 heavy (non-hydrogen) atoms. The predicted molar refractivity (Wildman–Crippen MR) is 275 cm³/mol. The van der Waals surface area contributed by atoms with Crippen LogP contribution in [0, 0.1) is 33.8 Å². The Morgan fingerprint density at radius 3 is 2.27 bits per heavy atom. The first kappa shape index (κ1) is 60.6. The number of nitrogens with zero attached hydrogens (tertiary/aromatic N) is 6. The first-order valence-electron chi connectivity index (χ1n) is 27.0. The molecular formula is C54H88N6O15. The summed E-state index contributed by atoms with van der Waals surface area (Å²) in [7, 11) is 4.99. The zero-order valence-electron chi connectivity index (χ0n) is 46.6. The van der Waals surface area contributed by atoms with Gasteiger partial charge >= 0.3 is 5.97 Å². The lowest BCUT2D eigenvalue weighted by Gasteiger charge is -2.49. The number of aliphatic hydroxyl groups is 4. The van der Waals surface area contributed by atoms with Gasteiger partial charge in [0.05, 0.1) is 77.0 Å². The first-order chi connectivity index (χ1) is 35.3. The fourth-order valence-electron chi connectivity index (χ4n) is 12.2. The third-order valence-electron chi connectivity index (χ3n) is 17.1. The van der Waals surface area contributed by atoms with Crippen molar-refractivity contribution in [3.8, 4) is 0 Å². The van der Waals surface area contributed by atoms with Gasteiger partial charge in [-0.1, -0.05) is 45.0 Å². The number of carbonyl (C=O) groups is 2. The molecule has 6 rings (SSSR count). The summed E-state index contributed by atoms with van der Waals surface area (Å²) in [6.07, 6.45) is -4.18. The van der Waals surface area contributed by atoms with Gasteiger partial charge in [-0.25, -0.2) is 4.68 Å². The summed E-state index contributed by atoms with van der Waals surface area (Å²) >= 11 is 0. The van der Waals surface area contributed by atoms with E-state index in [1.165, 1.54) is 33.3 Å². The number of nitro groups is 1. The number of benzene rings is 1. The van der Waals surface area contributed by atoms with Crippen LogP contribution in [-0.2, 0) is 55.7 Å². The minimum atomic E-state index is -1.99. The van der Waals surface area contributed by atoms with Crippen LogP contribution in [0.5, 0.6) is 0 Å². The third kappa shape index (κ3) is 14.0. The van der Waals surface area contributed by atoms with Gasteiger partial charge in [0, 0.05) is 88.8 Å². The molecular weight excluding hydrogens is 973 g/mol. The van der Waals surface area contributed by atoms with Gasteiger partial charge in [0.2, 0.25) is 0 Å². The Morgan fingerprint density at radius 2 is 1.63 bits per heavy atom. The molecule has 19 atom stereocenters. The van der Waals surface area contributed by atoms with Gasteiger partial charge in [-0.15, -0.1) is 5.10 Å². The molecule has 0 bridgehead atoms. The molecule has 1 aromatic carbocycles. The van der Waals surface area contributed by atoms with Crippen molar-refractivity contribution in [1.82, 2.24) is 24.8 Å². The van der Waals surface area contributed by atoms with Crippen LogP contribution in [-0.4, -0.2) is 193 Å². The molecule has 424 valence electrons. The molecule has 21 heteroatoms. The first-order valence-corrected chi connectivity index (χ1v) is 27.0. The highest BCUT2D eigenvalue weighted by atomic mass is 16.7. The Hall–Kier alpha value is -3.58. The largest absolute Gasteiger partial charge is 0.459 e. The second-order valence-corrected chi connectivity index (χ2v) is 22.9. The molecule has 0 saturated carbocycles. The maximum absolute atomic E-state index is 14.5. The SMILES string of the molecule is CC[C@H]1OC(=O)[C@H](C)[C@@H](OC[C@H]2C[C@@](C)(OC)[C@@H](O)[C@H](C)O2)[C@H](C)[C@@H](O[C@@H]2O[C@H](C)C[C@H](N(C)CCc3cn([C@@H]4CCCN(Cc5ccc([N+](=O)[O-])cc5)C4)nn3)[C@H]2O)[C@](C)(OC)C[C@@H](C)C(=O)[C@H](C)[C@@H](O)[C@]1(C)O. The average molecular weight is 1060 g/mol. The van der Waals surface area contributed by atoms with Crippen molar-refractivity contribution in [1.29, 1.82) is 0 Å². The van der Waals surface area contributed by atoms with Crippen molar-refractivity contribution in [2.24, 2.45) is 23.7 Å². The topological polar surface area (TPSA) is 260 Å². The summed E-state index contributed by atoms with van der Waals surface area (Å²) in [5.41, 5.74) is -2.38. The molecule has 2 aromatic rings. The highest BCUT2D eigenvalue weighted by Crippen LogP contribution is 2.41. The number of aromatic nitrogens is 3. The number of aliphatic hydroxyl groups excluding tert-OH is 3. The number of rotatable bonds is 16. The number of hydrogen-bond donors (Lipinski definition) is 4. The molecule has 0 aliphatic carbocycles. The number of piperidine rings is 1. The summed E-state index contributed by atoms with van der Waals surface area (Å²) < 4.78 is 46.7. The number of hydrogen-bond acceptors (Lipinski definition) is 19. The van der Waals surface area contributed by atoms with E-state index in [0.717, 1.165) is 37.2 Å². The van der Waals surface area contributed by atoms with Gasteiger partial charge in [-0.05, 0) is 92.8 Å². The number of ketones is 1. The predicted octanol–water partition coefficient (Wildman–Crippen LogP) is 4.43. The van der Waals surface area contributed by atoms with E-state index in [0.29, 0.717) is 25.9 Å². The Bertz CT molecular complexity index is 2190. The van der Waals surface area contributed by atoms with Gasteiger partial charge < -0.3 is 58.5 Å². The van der Waals surface area contributed by atoms with Gasteiger partial charge in [-0.2, -0.15) is 0 Å². The maximum Gasteiger partial charge on any atom is 0.311 e. The van der Waals surface area contributed by atoms with Crippen molar-refractivity contribution in [3.05, 3.63) is 51.8 Å². The van der Waals surface area contributed by atoms with Crippen LogP contribution in [0.2, 0.25) is 0 Å². The fraction of sp³-hybridized carbons (Fsp3) is 0.815. The van der Waals surface area contributed by atoms with Gasteiger partial charge in [0.25, 0.3) is 5.69 Å². The highest BCUT2D eigenvalue weighted by molar-refractivity contribution is 5.83. The minimum Gasteiger partial charge on any atom is -0.459 e. The maximum atomic E-state index is 14.5. The fourth-order valence-corrected chi connectivity index (χ4v) is 12.2. The molecule has 0 unspecified atom stereocenters. The number of Topliss-reactive ketones (excluding diaryl/α,β-unsaturated/α-hetero) is 1. The number of cyclic esters (lactones) is 1. The molecule has 0 amide bonds. The monoisotopic (exact) mass is 1060 g/mol. The van der Waals surface area contributed by atoms with E-state index in [4.69, 9.17) is 33.2 Å². The minimum absolute atomic E-state index is 0.0251. The van der Waals surface area contributed by atoms with Gasteiger partial charge in [-0.3, -0.25) is 24.6 Å². The van der Waals surface area contributed by atoms with Crippen LogP contribution >= 0.6 is 0 Å². The molecule has 4 aliphatic heterocycles. The Morgan fingerprint density at radius 1 is 0.947 bits per heavy atom. The lowest BCUT2D eigenvalue weighted by molar-refractivity contribution is -0.384. The van der Waals surface area contributed by atoms with Crippen LogP contribution in [0.3, 0.4) is 0 Å². The van der Waals surface area contributed by atoms with E-state index < -0.39 is 113 Å². The number of methoxy groups -OCH3 is 2.